The molecule has 1 unspecified atom stereocenters. The van der Waals surface area contributed by atoms with Crippen molar-refractivity contribution in [2.24, 2.45) is 5.73 Å². The summed E-state index contributed by atoms with van der Waals surface area (Å²) in [4.78, 5) is 0. The standard InChI is InChI=1S/C17H16FN3/c1-12-7-8-15(18)14(11-12)17(19)16-9-10-21(20-16)13-5-3-2-4-6-13/h2-11,17H,19H2,1H3. The van der Waals surface area contributed by atoms with Gasteiger partial charge in [-0.15, -0.1) is 0 Å². The molecule has 0 aliphatic rings. The molecule has 0 bridgehead atoms. The molecule has 3 nitrogen and oxygen atoms in total. The molecule has 3 aromatic rings. The molecule has 1 heterocycles. The zero-order chi connectivity index (χ0) is 14.8. The third-order valence-corrected chi connectivity index (χ3v) is 3.44. The molecule has 21 heavy (non-hydrogen) atoms. The van der Waals surface area contributed by atoms with Gasteiger partial charge in [-0.2, -0.15) is 5.10 Å². The van der Waals surface area contributed by atoms with Crippen LogP contribution in [0.25, 0.3) is 5.69 Å². The minimum atomic E-state index is -0.574. The van der Waals surface area contributed by atoms with Gasteiger partial charge in [-0.25, -0.2) is 9.07 Å². The van der Waals surface area contributed by atoms with Crippen molar-refractivity contribution >= 4 is 0 Å². The predicted molar refractivity (Wildman–Crippen MR) is 80.7 cm³/mol. The van der Waals surface area contributed by atoms with Crippen LogP contribution >= 0.6 is 0 Å². The smallest absolute Gasteiger partial charge is 0.128 e. The van der Waals surface area contributed by atoms with E-state index in [0.717, 1.165) is 11.3 Å². The lowest BCUT2D eigenvalue weighted by molar-refractivity contribution is 0.595. The average molecular weight is 281 g/mol. The molecule has 0 spiro atoms. The lowest BCUT2D eigenvalue weighted by atomic mass is 10.0. The third kappa shape index (κ3) is 2.71. The van der Waals surface area contributed by atoms with Crippen molar-refractivity contribution in [3.63, 3.8) is 0 Å². The van der Waals surface area contributed by atoms with Gasteiger partial charge < -0.3 is 5.73 Å². The number of aryl methyl sites for hydroxylation is 1. The predicted octanol–water partition coefficient (Wildman–Crippen LogP) is 3.37. The number of nitrogens with zero attached hydrogens (tertiary/aromatic N) is 2. The van der Waals surface area contributed by atoms with E-state index in [9.17, 15) is 4.39 Å². The molecule has 2 N–H and O–H groups in total. The molecule has 0 saturated heterocycles. The average Bonchev–Trinajstić information content (AvgIpc) is 3.00. The lowest BCUT2D eigenvalue weighted by Crippen LogP contribution is -2.15. The Morgan fingerprint density at radius 3 is 2.62 bits per heavy atom. The van der Waals surface area contributed by atoms with Gasteiger partial charge in [0.25, 0.3) is 0 Å². The monoisotopic (exact) mass is 281 g/mol. The highest BCUT2D eigenvalue weighted by atomic mass is 19.1. The van der Waals surface area contributed by atoms with Crippen LogP contribution in [0.5, 0.6) is 0 Å². The van der Waals surface area contributed by atoms with Crippen LogP contribution in [0.15, 0.2) is 60.8 Å². The molecule has 0 fully saturated rings. The summed E-state index contributed by atoms with van der Waals surface area (Å²) in [6.07, 6.45) is 1.83. The Labute approximate surface area is 122 Å². The van der Waals surface area contributed by atoms with Crippen LogP contribution in [-0.4, -0.2) is 9.78 Å². The van der Waals surface area contributed by atoms with Gasteiger partial charge in [-0.1, -0.05) is 35.9 Å². The van der Waals surface area contributed by atoms with E-state index in [4.69, 9.17) is 5.73 Å². The van der Waals surface area contributed by atoms with Crippen molar-refractivity contribution in [1.82, 2.24) is 9.78 Å². The van der Waals surface area contributed by atoms with Crippen LogP contribution in [0.2, 0.25) is 0 Å². The Kier molecular flexibility index (Phi) is 3.54. The maximum Gasteiger partial charge on any atom is 0.128 e. The van der Waals surface area contributed by atoms with Gasteiger partial charge in [0.1, 0.15) is 5.82 Å². The third-order valence-electron chi connectivity index (χ3n) is 3.44. The van der Waals surface area contributed by atoms with Crippen molar-refractivity contribution in [1.29, 1.82) is 0 Å². The fourth-order valence-electron chi connectivity index (χ4n) is 2.29. The molecule has 0 aliphatic carbocycles. The summed E-state index contributed by atoms with van der Waals surface area (Å²) in [5, 5.41) is 4.45. The first-order valence-electron chi connectivity index (χ1n) is 6.78. The molecule has 0 saturated carbocycles. The molecule has 0 aliphatic heterocycles. The first kappa shape index (κ1) is 13.5. The van der Waals surface area contributed by atoms with Crippen molar-refractivity contribution in [3.8, 4) is 5.69 Å². The highest BCUT2D eigenvalue weighted by molar-refractivity contribution is 5.34. The summed E-state index contributed by atoms with van der Waals surface area (Å²) >= 11 is 0. The highest BCUT2D eigenvalue weighted by Gasteiger charge is 2.16. The van der Waals surface area contributed by atoms with Crippen molar-refractivity contribution in [2.75, 3.05) is 0 Å². The van der Waals surface area contributed by atoms with E-state index in [0.29, 0.717) is 11.3 Å². The molecular formula is C17H16FN3. The summed E-state index contributed by atoms with van der Waals surface area (Å²) in [5.74, 6) is -0.303. The summed E-state index contributed by atoms with van der Waals surface area (Å²) < 4.78 is 15.7. The molecule has 3 rings (SSSR count). The van der Waals surface area contributed by atoms with Gasteiger partial charge in [0.15, 0.2) is 0 Å². The van der Waals surface area contributed by atoms with Crippen LogP contribution in [0.1, 0.15) is 22.9 Å². The van der Waals surface area contributed by atoms with Crippen LogP contribution in [0.4, 0.5) is 4.39 Å². The normalized spacial score (nSPS) is 12.3. The second-order valence-corrected chi connectivity index (χ2v) is 5.02. The van der Waals surface area contributed by atoms with E-state index >= 15 is 0 Å². The minimum Gasteiger partial charge on any atom is -0.319 e. The second kappa shape index (κ2) is 5.50. The Bertz CT molecular complexity index is 750. The quantitative estimate of drug-likeness (QED) is 0.800. The number of para-hydroxylation sites is 1. The fraction of sp³-hybridized carbons (Fsp3) is 0.118. The maximum atomic E-state index is 13.9. The van der Waals surface area contributed by atoms with Crippen LogP contribution in [-0.2, 0) is 0 Å². The largest absolute Gasteiger partial charge is 0.319 e. The topological polar surface area (TPSA) is 43.8 Å². The highest BCUT2D eigenvalue weighted by Crippen LogP contribution is 2.22. The zero-order valence-electron chi connectivity index (χ0n) is 11.7. The molecule has 2 aromatic carbocycles. The Balaban J connectivity index is 1.94. The van der Waals surface area contributed by atoms with E-state index in [1.807, 2.05) is 49.5 Å². The number of hydrogen-bond donors (Lipinski definition) is 1. The van der Waals surface area contributed by atoms with Gasteiger partial charge >= 0.3 is 0 Å². The zero-order valence-corrected chi connectivity index (χ0v) is 11.7. The number of hydrogen-bond acceptors (Lipinski definition) is 2. The number of nitrogens with two attached hydrogens (primary N) is 1. The van der Waals surface area contributed by atoms with Crippen molar-refractivity contribution in [2.45, 2.75) is 13.0 Å². The van der Waals surface area contributed by atoms with Gasteiger partial charge in [-0.3, -0.25) is 0 Å². The molecule has 0 radical (unpaired) electrons. The Hall–Kier alpha value is -2.46. The molecule has 0 amide bonds. The number of halogens is 1. The summed E-state index contributed by atoms with van der Waals surface area (Å²) in [7, 11) is 0. The Morgan fingerprint density at radius 2 is 1.86 bits per heavy atom. The first-order chi connectivity index (χ1) is 10.1. The molecule has 4 heteroatoms. The van der Waals surface area contributed by atoms with E-state index in [1.54, 1.807) is 16.8 Å². The molecule has 1 aromatic heterocycles. The fourth-order valence-corrected chi connectivity index (χ4v) is 2.29. The van der Waals surface area contributed by atoms with Gasteiger partial charge in [-0.05, 0) is 31.2 Å². The second-order valence-electron chi connectivity index (χ2n) is 5.02. The maximum absolute atomic E-state index is 13.9. The Morgan fingerprint density at radius 1 is 1.10 bits per heavy atom. The van der Waals surface area contributed by atoms with E-state index in [2.05, 4.69) is 5.10 Å². The molecule has 106 valence electrons. The summed E-state index contributed by atoms with van der Waals surface area (Å²) in [6, 6.07) is 15.9. The van der Waals surface area contributed by atoms with Gasteiger partial charge in [0.2, 0.25) is 0 Å². The van der Waals surface area contributed by atoms with Gasteiger partial charge in [0.05, 0.1) is 17.4 Å². The van der Waals surface area contributed by atoms with Crippen LogP contribution in [0.3, 0.4) is 0 Å². The van der Waals surface area contributed by atoms with E-state index < -0.39 is 6.04 Å². The van der Waals surface area contributed by atoms with E-state index in [1.165, 1.54) is 6.07 Å². The van der Waals surface area contributed by atoms with Crippen molar-refractivity contribution in [3.05, 3.63) is 83.4 Å². The molecule has 1 atom stereocenters. The number of benzene rings is 2. The SMILES string of the molecule is Cc1ccc(F)c(C(N)c2ccn(-c3ccccc3)n2)c1. The van der Waals surface area contributed by atoms with Gasteiger partial charge in [0, 0.05) is 11.8 Å². The molecular weight excluding hydrogens is 265 g/mol. The number of rotatable bonds is 3. The summed E-state index contributed by atoms with van der Waals surface area (Å²) in [5.41, 5.74) is 9.19. The first-order valence-corrected chi connectivity index (χ1v) is 6.78. The van der Waals surface area contributed by atoms with Crippen molar-refractivity contribution < 1.29 is 4.39 Å². The lowest BCUT2D eigenvalue weighted by Gasteiger charge is -2.11. The van der Waals surface area contributed by atoms with E-state index in [-0.39, 0.29) is 5.82 Å². The van der Waals surface area contributed by atoms with Crippen LogP contribution < -0.4 is 5.73 Å². The summed E-state index contributed by atoms with van der Waals surface area (Å²) in [6.45, 7) is 1.91. The van der Waals surface area contributed by atoms with Crippen LogP contribution in [0, 0.1) is 12.7 Å². The minimum absolute atomic E-state index is 0.303. The number of aromatic nitrogens is 2.